The standard InChI is InChI=1S/C13H15NO3/c1-13(2,3)12(16)17-11-6-8-4-5-14-9(8)7-10(11)15/h4-7,14-15H,1-3H3. The van der Waals surface area contributed by atoms with Gasteiger partial charge in [-0.1, -0.05) is 0 Å². The highest BCUT2D eigenvalue weighted by Gasteiger charge is 2.24. The molecule has 4 nitrogen and oxygen atoms in total. The van der Waals surface area contributed by atoms with Crippen molar-refractivity contribution in [2.45, 2.75) is 20.8 Å². The maximum atomic E-state index is 11.7. The second-order valence-corrected chi connectivity index (χ2v) is 5.02. The Morgan fingerprint density at radius 1 is 1.35 bits per heavy atom. The molecule has 2 N–H and O–H groups in total. The molecule has 1 aromatic carbocycles. The summed E-state index contributed by atoms with van der Waals surface area (Å²) in [7, 11) is 0. The second kappa shape index (κ2) is 3.80. The predicted molar refractivity (Wildman–Crippen MR) is 65.1 cm³/mol. The van der Waals surface area contributed by atoms with Crippen molar-refractivity contribution in [2.24, 2.45) is 5.41 Å². The first kappa shape index (κ1) is 11.5. The number of aromatic hydroxyl groups is 1. The van der Waals surface area contributed by atoms with Crippen LogP contribution < -0.4 is 4.74 Å². The molecule has 2 aromatic rings. The molecule has 17 heavy (non-hydrogen) atoms. The quantitative estimate of drug-likeness (QED) is 0.588. The zero-order chi connectivity index (χ0) is 12.6. The maximum Gasteiger partial charge on any atom is 0.316 e. The molecular formula is C13H15NO3. The molecule has 0 saturated carbocycles. The smallest absolute Gasteiger partial charge is 0.316 e. The number of carbonyl (C=O) groups excluding carboxylic acids is 1. The number of ether oxygens (including phenoxy) is 1. The normalized spacial score (nSPS) is 11.7. The van der Waals surface area contributed by atoms with Crippen LogP contribution in [0.4, 0.5) is 0 Å². The van der Waals surface area contributed by atoms with E-state index in [4.69, 9.17) is 4.74 Å². The molecule has 0 aliphatic carbocycles. The average molecular weight is 233 g/mol. The van der Waals surface area contributed by atoms with Crippen LogP contribution in [-0.2, 0) is 4.79 Å². The van der Waals surface area contributed by atoms with Crippen molar-refractivity contribution in [3.8, 4) is 11.5 Å². The monoisotopic (exact) mass is 233 g/mol. The summed E-state index contributed by atoms with van der Waals surface area (Å²) in [5.74, 6) is -0.225. The Kier molecular flexibility index (Phi) is 2.58. The van der Waals surface area contributed by atoms with E-state index in [2.05, 4.69) is 4.98 Å². The van der Waals surface area contributed by atoms with Crippen molar-refractivity contribution in [3.63, 3.8) is 0 Å². The van der Waals surface area contributed by atoms with E-state index >= 15 is 0 Å². The van der Waals surface area contributed by atoms with E-state index in [0.717, 1.165) is 10.9 Å². The Hall–Kier alpha value is -1.97. The van der Waals surface area contributed by atoms with Crippen LogP contribution in [0, 0.1) is 5.41 Å². The van der Waals surface area contributed by atoms with Gasteiger partial charge >= 0.3 is 5.97 Å². The molecule has 1 heterocycles. The number of hydrogen-bond donors (Lipinski definition) is 2. The van der Waals surface area contributed by atoms with Crippen LogP contribution in [0.1, 0.15) is 20.8 Å². The number of aromatic nitrogens is 1. The topological polar surface area (TPSA) is 62.3 Å². The van der Waals surface area contributed by atoms with Crippen molar-refractivity contribution in [1.82, 2.24) is 4.98 Å². The molecule has 4 heteroatoms. The van der Waals surface area contributed by atoms with Gasteiger partial charge in [-0.25, -0.2) is 0 Å². The number of rotatable bonds is 1. The van der Waals surface area contributed by atoms with Crippen molar-refractivity contribution < 1.29 is 14.6 Å². The van der Waals surface area contributed by atoms with Crippen molar-refractivity contribution in [3.05, 3.63) is 24.4 Å². The number of hydrogen-bond acceptors (Lipinski definition) is 3. The van der Waals surface area contributed by atoms with Crippen molar-refractivity contribution >= 4 is 16.9 Å². The van der Waals surface area contributed by atoms with Gasteiger partial charge in [0.05, 0.1) is 5.41 Å². The van der Waals surface area contributed by atoms with Crippen LogP contribution in [0.3, 0.4) is 0 Å². The minimum Gasteiger partial charge on any atom is -0.504 e. The number of phenolic OH excluding ortho intramolecular Hbond substituents is 1. The molecule has 1 aromatic heterocycles. The second-order valence-electron chi connectivity index (χ2n) is 5.02. The minimum absolute atomic E-state index is 0.0439. The summed E-state index contributed by atoms with van der Waals surface area (Å²) in [5, 5.41) is 10.6. The third kappa shape index (κ3) is 2.25. The van der Waals surface area contributed by atoms with Gasteiger partial charge in [0.25, 0.3) is 0 Å². The third-order valence-corrected chi connectivity index (χ3v) is 2.45. The van der Waals surface area contributed by atoms with Gasteiger partial charge in [-0.15, -0.1) is 0 Å². The minimum atomic E-state index is -0.598. The molecule has 0 amide bonds. The van der Waals surface area contributed by atoms with Crippen molar-refractivity contribution in [2.75, 3.05) is 0 Å². The Balaban J connectivity index is 2.35. The maximum absolute atomic E-state index is 11.7. The highest BCUT2D eigenvalue weighted by atomic mass is 16.5. The first-order chi connectivity index (χ1) is 7.88. The summed E-state index contributed by atoms with van der Waals surface area (Å²) in [6.07, 6.45) is 1.76. The summed E-state index contributed by atoms with van der Waals surface area (Å²) in [6.45, 7) is 5.30. The van der Waals surface area contributed by atoms with E-state index in [0.29, 0.717) is 0 Å². The van der Waals surface area contributed by atoms with Crippen LogP contribution in [0.25, 0.3) is 10.9 Å². The number of benzene rings is 1. The molecule has 0 bridgehead atoms. The number of carbonyl (C=O) groups is 1. The van der Waals surface area contributed by atoms with E-state index in [1.54, 1.807) is 39.1 Å². The summed E-state index contributed by atoms with van der Waals surface area (Å²) in [6, 6.07) is 5.04. The first-order valence-corrected chi connectivity index (χ1v) is 5.40. The molecule has 0 fully saturated rings. The zero-order valence-corrected chi connectivity index (χ0v) is 10.1. The van der Waals surface area contributed by atoms with E-state index in [1.165, 1.54) is 0 Å². The lowest BCUT2D eigenvalue weighted by molar-refractivity contribution is -0.143. The Morgan fingerprint density at radius 3 is 2.71 bits per heavy atom. The summed E-state index contributed by atoms with van der Waals surface area (Å²) < 4.78 is 5.18. The lowest BCUT2D eigenvalue weighted by atomic mass is 9.97. The average Bonchev–Trinajstić information content (AvgIpc) is 2.63. The van der Waals surface area contributed by atoms with Gasteiger partial charge in [0.15, 0.2) is 11.5 Å². The fourth-order valence-electron chi connectivity index (χ4n) is 1.40. The van der Waals surface area contributed by atoms with Gasteiger partial charge in [0.1, 0.15) is 0 Å². The number of fused-ring (bicyclic) bond motifs is 1. The van der Waals surface area contributed by atoms with Gasteiger partial charge < -0.3 is 14.8 Å². The Bertz CT molecular complexity index is 564. The van der Waals surface area contributed by atoms with Gasteiger partial charge in [-0.05, 0) is 32.9 Å². The molecule has 0 unspecified atom stereocenters. The fourth-order valence-corrected chi connectivity index (χ4v) is 1.40. The number of nitrogens with one attached hydrogen (secondary N) is 1. The van der Waals surface area contributed by atoms with Gasteiger partial charge in [0, 0.05) is 23.2 Å². The highest BCUT2D eigenvalue weighted by Crippen LogP contribution is 2.32. The largest absolute Gasteiger partial charge is 0.504 e. The van der Waals surface area contributed by atoms with Crippen LogP contribution in [-0.4, -0.2) is 16.1 Å². The fraction of sp³-hybridized carbons (Fsp3) is 0.308. The predicted octanol–water partition coefficient (Wildman–Crippen LogP) is 2.83. The molecular weight excluding hydrogens is 218 g/mol. The number of aromatic amines is 1. The molecule has 0 aliphatic heterocycles. The van der Waals surface area contributed by atoms with E-state index in [1.807, 2.05) is 6.07 Å². The highest BCUT2D eigenvalue weighted by molar-refractivity contribution is 5.85. The molecule has 0 atom stereocenters. The number of phenols is 1. The van der Waals surface area contributed by atoms with Gasteiger partial charge in [0.2, 0.25) is 0 Å². The zero-order valence-electron chi connectivity index (χ0n) is 10.1. The molecule has 2 rings (SSSR count). The van der Waals surface area contributed by atoms with Crippen LogP contribution in [0.5, 0.6) is 11.5 Å². The Morgan fingerprint density at radius 2 is 2.06 bits per heavy atom. The first-order valence-electron chi connectivity index (χ1n) is 5.40. The summed E-state index contributed by atoms with van der Waals surface area (Å²) >= 11 is 0. The SMILES string of the molecule is CC(C)(C)C(=O)Oc1cc2cc[nH]c2cc1O. The van der Waals surface area contributed by atoms with Gasteiger partial charge in [-0.2, -0.15) is 0 Å². The lowest BCUT2D eigenvalue weighted by Gasteiger charge is -2.16. The van der Waals surface area contributed by atoms with Crippen molar-refractivity contribution in [1.29, 1.82) is 0 Å². The van der Waals surface area contributed by atoms with Gasteiger partial charge in [-0.3, -0.25) is 4.79 Å². The molecule has 0 aliphatic rings. The molecule has 90 valence electrons. The molecule has 0 radical (unpaired) electrons. The Labute approximate surface area is 99.2 Å². The van der Waals surface area contributed by atoms with Crippen LogP contribution in [0.2, 0.25) is 0 Å². The summed E-state index contributed by atoms with van der Waals surface area (Å²) in [4.78, 5) is 14.7. The van der Waals surface area contributed by atoms with E-state index < -0.39 is 5.41 Å². The molecule has 0 saturated heterocycles. The van der Waals surface area contributed by atoms with Crippen LogP contribution >= 0.6 is 0 Å². The third-order valence-electron chi connectivity index (χ3n) is 2.45. The number of H-pyrrole nitrogens is 1. The number of esters is 1. The van der Waals surface area contributed by atoms with E-state index in [9.17, 15) is 9.90 Å². The molecule has 0 spiro atoms. The summed E-state index contributed by atoms with van der Waals surface area (Å²) in [5.41, 5.74) is 0.206. The lowest BCUT2D eigenvalue weighted by Crippen LogP contribution is -2.25. The van der Waals surface area contributed by atoms with Crippen LogP contribution in [0.15, 0.2) is 24.4 Å². The van der Waals surface area contributed by atoms with E-state index in [-0.39, 0.29) is 17.5 Å².